The molecule has 0 aliphatic heterocycles. The Bertz CT molecular complexity index is 657. The Kier molecular flexibility index (Phi) is 3.05. The van der Waals surface area contributed by atoms with Gasteiger partial charge in [0.1, 0.15) is 0 Å². The van der Waals surface area contributed by atoms with E-state index in [0.717, 1.165) is 5.56 Å². The summed E-state index contributed by atoms with van der Waals surface area (Å²) in [6.07, 6.45) is 1.46. The predicted molar refractivity (Wildman–Crippen MR) is 70.4 cm³/mol. The molecular weight excluding hydrogens is 242 g/mol. The van der Waals surface area contributed by atoms with Crippen molar-refractivity contribution in [1.29, 1.82) is 0 Å². The minimum atomic E-state index is -2.54. The second kappa shape index (κ2) is 5.82. The van der Waals surface area contributed by atoms with Crippen molar-refractivity contribution in [2.45, 2.75) is 26.6 Å². The van der Waals surface area contributed by atoms with E-state index < -0.39 is 25.8 Å². The first-order valence-corrected chi connectivity index (χ1v) is 5.91. The zero-order valence-electron chi connectivity index (χ0n) is 13.4. The van der Waals surface area contributed by atoms with E-state index in [1.54, 1.807) is 0 Å². The van der Waals surface area contributed by atoms with Crippen LogP contribution in [-0.4, -0.2) is 15.3 Å². The van der Waals surface area contributed by atoms with Crippen LogP contribution in [0.5, 0.6) is 5.75 Å². The second-order valence-corrected chi connectivity index (χ2v) is 4.26. The van der Waals surface area contributed by atoms with Crippen LogP contribution >= 0.6 is 0 Å². The third-order valence-electron chi connectivity index (χ3n) is 3.02. The number of nitrogens with zero attached hydrogens (tertiary/aromatic N) is 1. The van der Waals surface area contributed by atoms with E-state index in [1.165, 1.54) is 10.8 Å². The molecule has 2 rings (SSSR count). The van der Waals surface area contributed by atoms with Gasteiger partial charge in [-0.05, 0) is 0 Å². The van der Waals surface area contributed by atoms with Gasteiger partial charge < -0.3 is 15.3 Å². The van der Waals surface area contributed by atoms with Gasteiger partial charge in [-0.1, -0.05) is 30.3 Å². The van der Waals surface area contributed by atoms with Crippen molar-refractivity contribution in [2.24, 2.45) is 0 Å². The van der Waals surface area contributed by atoms with E-state index in [0.29, 0.717) is 5.56 Å². The van der Waals surface area contributed by atoms with E-state index in [-0.39, 0.29) is 17.8 Å². The third kappa shape index (κ3) is 2.75. The molecule has 0 aliphatic rings. The van der Waals surface area contributed by atoms with Crippen LogP contribution in [0, 0.1) is 6.85 Å². The molecule has 0 bridgehead atoms. The number of aliphatic hydroxyl groups is 2. The lowest BCUT2D eigenvalue weighted by Gasteiger charge is -2.10. The van der Waals surface area contributed by atoms with Crippen molar-refractivity contribution in [3.05, 3.63) is 58.9 Å². The molecule has 0 fully saturated rings. The number of rotatable bonds is 4. The predicted octanol–water partition coefficient (Wildman–Crippen LogP) is 1.02. The summed E-state index contributed by atoms with van der Waals surface area (Å²) < 4.78 is 24.3. The maximum absolute atomic E-state index is 10.2. The Morgan fingerprint density at radius 3 is 2.47 bits per heavy atom. The van der Waals surface area contributed by atoms with Gasteiger partial charge in [-0.2, -0.15) is 4.57 Å². The van der Waals surface area contributed by atoms with E-state index in [4.69, 9.17) is 4.11 Å². The van der Waals surface area contributed by atoms with Crippen LogP contribution in [0.3, 0.4) is 0 Å². The lowest BCUT2D eigenvalue weighted by atomic mass is 10.1. The quantitative estimate of drug-likeness (QED) is 0.722. The minimum absolute atomic E-state index is 0.0398. The van der Waals surface area contributed by atoms with Crippen molar-refractivity contribution in [3.63, 3.8) is 0 Å². The van der Waals surface area contributed by atoms with Gasteiger partial charge in [0.2, 0.25) is 5.69 Å². The third-order valence-corrected chi connectivity index (χ3v) is 3.02. The molecule has 1 aromatic carbocycles. The van der Waals surface area contributed by atoms with Gasteiger partial charge in [-0.15, -0.1) is 0 Å². The van der Waals surface area contributed by atoms with Gasteiger partial charge in [0.15, 0.2) is 18.5 Å². The molecule has 0 aliphatic carbocycles. The molecule has 4 heteroatoms. The van der Waals surface area contributed by atoms with E-state index in [9.17, 15) is 15.3 Å². The van der Waals surface area contributed by atoms with Crippen LogP contribution in [0.15, 0.2) is 36.5 Å². The fraction of sp³-hybridized carbons (Fsp3) is 0.267. The van der Waals surface area contributed by atoms with Crippen LogP contribution in [0.1, 0.15) is 26.5 Å². The lowest BCUT2D eigenvalue weighted by Crippen LogP contribution is -2.38. The molecular formula is C15H18NO3+. The number of hydrogen-bond donors (Lipinski definition) is 3. The maximum Gasteiger partial charge on any atom is 0.220 e. The molecule has 0 radical (unpaired) electrons. The zero-order valence-corrected chi connectivity index (χ0v) is 10.4. The Morgan fingerprint density at radius 2 is 1.89 bits per heavy atom. The average Bonchev–Trinajstić information content (AvgIpc) is 2.46. The molecule has 0 unspecified atom stereocenters. The molecule has 0 saturated heterocycles. The molecule has 1 heterocycles. The molecule has 0 spiro atoms. The normalized spacial score (nSPS) is 13.7. The second-order valence-electron chi connectivity index (χ2n) is 4.26. The maximum atomic E-state index is 10.2. The molecule has 0 amide bonds. The van der Waals surface area contributed by atoms with Crippen LogP contribution in [0.25, 0.3) is 0 Å². The van der Waals surface area contributed by atoms with E-state index in [2.05, 4.69) is 0 Å². The Hall–Kier alpha value is -1.91. The topological polar surface area (TPSA) is 64.6 Å². The molecule has 3 N–H and O–H groups in total. The summed E-state index contributed by atoms with van der Waals surface area (Å²) in [5.41, 5.74) is 0.942. The molecule has 0 atom stereocenters. The van der Waals surface area contributed by atoms with Gasteiger partial charge in [0.05, 0.1) is 18.8 Å². The van der Waals surface area contributed by atoms with Gasteiger partial charge in [0.25, 0.3) is 0 Å². The number of hydrogen-bond acceptors (Lipinski definition) is 3. The Labute approximate surface area is 116 Å². The fourth-order valence-electron chi connectivity index (χ4n) is 1.98. The fourth-order valence-corrected chi connectivity index (χ4v) is 1.98. The number of aromatic hydroxyl groups is 1. The van der Waals surface area contributed by atoms with Gasteiger partial charge >= 0.3 is 0 Å². The highest BCUT2D eigenvalue weighted by Crippen LogP contribution is 2.23. The lowest BCUT2D eigenvalue weighted by molar-refractivity contribution is -0.695. The summed E-state index contributed by atoms with van der Waals surface area (Å²) in [6, 6.07) is 9.20. The summed E-state index contributed by atoms with van der Waals surface area (Å²) in [5, 5.41) is 29.0. The highest BCUT2D eigenvalue weighted by atomic mass is 16.3. The number of aliphatic hydroxyl groups excluding tert-OH is 2. The standard InChI is InChI=1S/C15H17NO3/c1-11-15(19)14(10-18)13(9-17)8-16(11)7-12-5-3-2-4-6-12/h2-6,8,17-18H,7,9-10H2,1H3/p+1/i1D3. The molecule has 4 nitrogen and oxygen atoms in total. The van der Waals surface area contributed by atoms with Crippen molar-refractivity contribution in [1.82, 2.24) is 0 Å². The van der Waals surface area contributed by atoms with Crippen molar-refractivity contribution in [2.75, 3.05) is 0 Å². The van der Waals surface area contributed by atoms with Crippen LogP contribution in [0.2, 0.25) is 0 Å². The summed E-state index contributed by atoms with van der Waals surface area (Å²) in [7, 11) is 0. The van der Waals surface area contributed by atoms with Crippen molar-refractivity contribution in [3.8, 4) is 5.75 Å². The van der Waals surface area contributed by atoms with Gasteiger partial charge in [-0.25, -0.2) is 0 Å². The van der Waals surface area contributed by atoms with Crippen molar-refractivity contribution >= 4 is 0 Å². The first kappa shape index (κ1) is 9.95. The van der Waals surface area contributed by atoms with Gasteiger partial charge in [-0.3, -0.25) is 0 Å². The number of benzene rings is 1. The Balaban J connectivity index is 2.63. The monoisotopic (exact) mass is 263 g/mol. The Morgan fingerprint density at radius 1 is 1.16 bits per heavy atom. The van der Waals surface area contributed by atoms with Crippen LogP contribution in [-0.2, 0) is 19.8 Å². The van der Waals surface area contributed by atoms with Crippen LogP contribution in [0.4, 0.5) is 0 Å². The first-order chi connectivity index (χ1) is 10.4. The highest BCUT2D eigenvalue weighted by molar-refractivity contribution is 5.37. The van der Waals surface area contributed by atoms with Crippen molar-refractivity contribution < 1.29 is 24.0 Å². The summed E-state index contributed by atoms with van der Waals surface area (Å²) in [6.45, 7) is -3.26. The molecule has 0 saturated carbocycles. The van der Waals surface area contributed by atoms with E-state index in [1.807, 2.05) is 30.3 Å². The van der Waals surface area contributed by atoms with E-state index >= 15 is 0 Å². The average molecular weight is 263 g/mol. The zero-order chi connectivity index (χ0) is 16.3. The molecule has 19 heavy (non-hydrogen) atoms. The number of aromatic nitrogens is 1. The SMILES string of the molecule is [2H]C([2H])([2H])c1c(O)c(CO)c(CO)c[n+]1Cc1ccccc1. The van der Waals surface area contributed by atoms with Gasteiger partial charge in [0, 0.05) is 22.1 Å². The summed E-state index contributed by atoms with van der Waals surface area (Å²) in [5.74, 6) is -0.495. The summed E-state index contributed by atoms with van der Waals surface area (Å²) >= 11 is 0. The molecule has 2 aromatic rings. The highest BCUT2D eigenvalue weighted by Gasteiger charge is 2.20. The first-order valence-electron chi connectivity index (χ1n) is 7.41. The summed E-state index contributed by atoms with van der Waals surface area (Å²) in [4.78, 5) is 0. The van der Waals surface area contributed by atoms with Crippen LogP contribution < -0.4 is 4.57 Å². The molecule has 1 aromatic heterocycles. The number of pyridine rings is 1. The smallest absolute Gasteiger partial charge is 0.220 e. The minimum Gasteiger partial charge on any atom is -0.502 e. The largest absolute Gasteiger partial charge is 0.502 e. The molecule has 100 valence electrons.